The lowest BCUT2D eigenvalue weighted by atomic mass is 10.1. The van der Waals surface area contributed by atoms with Crippen LogP contribution in [-0.4, -0.2) is 9.97 Å². The van der Waals surface area contributed by atoms with Gasteiger partial charge in [-0.15, -0.1) is 0 Å². The van der Waals surface area contributed by atoms with E-state index in [1.807, 2.05) is 4.98 Å². The summed E-state index contributed by atoms with van der Waals surface area (Å²) in [6.45, 7) is 1.37. The molecule has 1 aromatic heterocycles. The van der Waals surface area contributed by atoms with Gasteiger partial charge >= 0.3 is 6.18 Å². The van der Waals surface area contributed by atoms with E-state index < -0.39 is 39.5 Å². The topological polar surface area (TPSA) is 28.7 Å². The molecule has 8 heteroatoms. The number of hydrogen-bond acceptors (Lipinski definition) is 2. The zero-order valence-electron chi connectivity index (χ0n) is 9.98. The Morgan fingerprint density at radius 3 is 2.45 bits per heavy atom. The Balaban J connectivity index is 2.75. The normalized spacial score (nSPS) is 11.7. The van der Waals surface area contributed by atoms with E-state index >= 15 is 0 Å². The van der Waals surface area contributed by atoms with Crippen LogP contribution in [0.3, 0.4) is 0 Å². The van der Waals surface area contributed by atoms with Crippen molar-refractivity contribution in [3.05, 3.63) is 45.9 Å². The average molecular weight is 306 g/mol. The van der Waals surface area contributed by atoms with Gasteiger partial charge in [0.2, 0.25) is 5.82 Å². The summed E-state index contributed by atoms with van der Waals surface area (Å²) in [6.07, 6.45) is -4.79. The fourth-order valence-corrected chi connectivity index (χ4v) is 1.84. The summed E-state index contributed by atoms with van der Waals surface area (Å²) >= 11 is 4.60. The second-order valence-corrected chi connectivity index (χ2v) is 4.45. The average Bonchev–Trinajstić information content (AvgIpc) is 2.33. The number of nitrogens with one attached hydrogen (secondary N) is 1. The number of H-pyrrole nitrogens is 1. The van der Waals surface area contributed by atoms with E-state index in [4.69, 9.17) is 0 Å². The molecule has 2 aromatic rings. The molecular formula is C12H7F5N2S. The van der Waals surface area contributed by atoms with Crippen LogP contribution in [0.5, 0.6) is 0 Å². The largest absolute Gasteiger partial charge is 0.449 e. The van der Waals surface area contributed by atoms with Gasteiger partial charge < -0.3 is 4.98 Å². The van der Waals surface area contributed by atoms with Crippen LogP contribution in [0, 0.1) is 23.2 Å². The van der Waals surface area contributed by atoms with Gasteiger partial charge in [0.1, 0.15) is 16.3 Å². The first-order chi connectivity index (χ1) is 9.20. The molecule has 0 unspecified atom stereocenters. The SMILES string of the molecule is Cc1ccc(F)c(-c2cc(=S)nc(C(F)(F)F)[nH]2)c1F. The van der Waals surface area contributed by atoms with Gasteiger partial charge in [0.15, 0.2) is 0 Å². The number of aryl methyl sites for hydroxylation is 1. The molecule has 0 bridgehead atoms. The number of rotatable bonds is 1. The van der Waals surface area contributed by atoms with Crippen molar-refractivity contribution in [1.29, 1.82) is 0 Å². The molecule has 0 amide bonds. The number of aromatic nitrogens is 2. The van der Waals surface area contributed by atoms with Gasteiger partial charge in [-0.3, -0.25) is 0 Å². The second-order valence-electron chi connectivity index (χ2n) is 4.03. The second kappa shape index (κ2) is 4.93. The number of nitrogens with zero attached hydrogens (tertiary/aromatic N) is 1. The van der Waals surface area contributed by atoms with E-state index in [0.717, 1.165) is 12.1 Å². The van der Waals surface area contributed by atoms with Gasteiger partial charge in [-0.25, -0.2) is 13.8 Å². The van der Waals surface area contributed by atoms with Crippen LogP contribution in [0.1, 0.15) is 11.4 Å². The number of benzene rings is 1. The summed E-state index contributed by atoms with van der Waals surface area (Å²) in [5.41, 5.74) is -0.897. The molecule has 1 aromatic carbocycles. The molecule has 20 heavy (non-hydrogen) atoms. The van der Waals surface area contributed by atoms with Crippen molar-refractivity contribution in [1.82, 2.24) is 9.97 Å². The van der Waals surface area contributed by atoms with E-state index in [1.54, 1.807) is 0 Å². The van der Waals surface area contributed by atoms with Crippen molar-refractivity contribution in [2.75, 3.05) is 0 Å². The van der Waals surface area contributed by atoms with Crippen molar-refractivity contribution in [3.63, 3.8) is 0 Å². The summed E-state index contributed by atoms with van der Waals surface area (Å²) in [5.74, 6) is -3.34. The summed E-state index contributed by atoms with van der Waals surface area (Å²) in [5, 5.41) is 0. The number of hydrogen-bond donors (Lipinski definition) is 1. The summed E-state index contributed by atoms with van der Waals surface area (Å²) in [7, 11) is 0. The first-order valence-corrected chi connectivity index (χ1v) is 5.74. The Kier molecular flexibility index (Phi) is 3.59. The lowest BCUT2D eigenvalue weighted by Crippen LogP contribution is -2.12. The molecular weight excluding hydrogens is 299 g/mol. The predicted molar refractivity (Wildman–Crippen MR) is 64.5 cm³/mol. The van der Waals surface area contributed by atoms with E-state index in [2.05, 4.69) is 17.2 Å². The van der Waals surface area contributed by atoms with Crippen molar-refractivity contribution in [2.24, 2.45) is 0 Å². The molecule has 0 radical (unpaired) electrons. The lowest BCUT2D eigenvalue weighted by Gasteiger charge is -2.11. The molecule has 106 valence electrons. The quantitative estimate of drug-likeness (QED) is 0.624. The lowest BCUT2D eigenvalue weighted by molar-refractivity contribution is -0.145. The highest BCUT2D eigenvalue weighted by Crippen LogP contribution is 2.30. The monoisotopic (exact) mass is 306 g/mol. The fourth-order valence-electron chi connectivity index (χ4n) is 1.63. The summed E-state index contributed by atoms with van der Waals surface area (Å²) in [4.78, 5) is 4.97. The maximum absolute atomic E-state index is 13.9. The molecule has 0 spiro atoms. The zero-order valence-corrected chi connectivity index (χ0v) is 10.8. The maximum atomic E-state index is 13.9. The van der Waals surface area contributed by atoms with Crippen LogP contribution in [-0.2, 0) is 6.18 Å². The van der Waals surface area contributed by atoms with Gasteiger partial charge in [-0.1, -0.05) is 18.3 Å². The van der Waals surface area contributed by atoms with Gasteiger partial charge in [-0.05, 0) is 24.6 Å². The van der Waals surface area contributed by atoms with Crippen LogP contribution in [0.25, 0.3) is 11.3 Å². The van der Waals surface area contributed by atoms with E-state index in [9.17, 15) is 22.0 Å². The Morgan fingerprint density at radius 2 is 1.85 bits per heavy atom. The molecule has 0 saturated carbocycles. The molecule has 1 N–H and O–H groups in total. The minimum atomic E-state index is -4.79. The third-order valence-corrected chi connectivity index (χ3v) is 2.77. The number of alkyl halides is 3. The highest BCUT2D eigenvalue weighted by atomic mass is 32.1. The number of aromatic amines is 1. The van der Waals surface area contributed by atoms with E-state index in [1.165, 1.54) is 13.0 Å². The molecule has 0 fully saturated rings. The fraction of sp³-hybridized carbons (Fsp3) is 0.167. The third kappa shape index (κ3) is 2.69. The Morgan fingerprint density at radius 1 is 1.20 bits per heavy atom. The van der Waals surface area contributed by atoms with Crippen molar-refractivity contribution < 1.29 is 22.0 Å². The molecule has 2 rings (SSSR count). The van der Waals surface area contributed by atoms with Crippen LogP contribution in [0.15, 0.2) is 18.2 Å². The highest BCUT2D eigenvalue weighted by Gasteiger charge is 2.34. The minimum absolute atomic E-state index is 0.103. The third-order valence-electron chi connectivity index (χ3n) is 2.56. The van der Waals surface area contributed by atoms with Crippen LogP contribution in [0.2, 0.25) is 0 Å². The highest BCUT2D eigenvalue weighted by molar-refractivity contribution is 7.71. The van der Waals surface area contributed by atoms with E-state index in [0.29, 0.717) is 0 Å². The van der Waals surface area contributed by atoms with Crippen LogP contribution >= 0.6 is 12.2 Å². The van der Waals surface area contributed by atoms with Gasteiger partial charge in [0, 0.05) is 0 Å². The molecule has 0 aliphatic carbocycles. The first kappa shape index (κ1) is 14.6. The Hall–Kier alpha value is -1.83. The smallest absolute Gasteiger partial charge is 0.335 e. The number of halogens is 5. The van der Waals surface area contributed by atoms with Gasteiger partial charge in [-0.2, -0.15) is 13.2 Å². The summed E-state index contributed by atoms with van der Waals surface area (Å²) < 4.78 is 65.0. The van der Waals surface area contributed by atoms with Gasteiger partial charge in [0.25, 0.3) is 0 Å². The molecule has 1 heterocycles. The Labute approximate surface area is 115 Å². The minimum Gasteiger partial charge on any atom is -0.335 e. The first-order valence-electron chi connectivity index (χ1n) is 5.33. The molecule has 0 aliphatic rings. The standard InChI is InChI=1S/C12H7F5N2S/c1-5-2-3-6(13)9(10(5)14)7-4-8(20)19-11(18-7)12(15,16)17/h2-4H,1H3,(H,18,19,20). The molecule has 2 nitrogen and oxygen atoms in total. The molecule has 0 saturated heterocycles. The van der Waals surface area contributed by atoms with Crippen LogP contribution < -0.4 is 0 Å². The van der Waals surface area contributed by atoms with Crippen LogP contribution in [0.4, 0.5) is 22.0 Å². The summed E-state index contributed by atoms with van der Waals surface area (Å²) in [6, 6.07) is 3.14. The zero-order chi connectivity index (χ0) is 15.1. The molecule has 0 aliphatic heterocycles. The van der Waals surface area contributed by atoms with Crippen molar-refractivity contribution >= 4 is 12.2 Å². The molecule has 0 atom stereocenters. The maximum Gasteiger partial charge on any atom is 0.449 e. The van der Waals surface area contributed by atoms with Gasteiger partial charge in [0.05, 0.1) is 11.3 Å². The Bertz CT molecular complexity index is 721. The predicted octanol–water partition coefficient (Wildman–Crippen LogP) is 4.41. The van der Waals surface area contributed by atoms with Crippen molar-refractivity contribution in [2.45, 2.75) is 13.1 Å². The van der Waals surface area contributed by atoms with Crippen molar-refractivity contribution in [3.8, 4) is 11.3 Å². The van der Waals surface area contributed by atoms with E-state index in [-0.39, 0.29) is 5.56 Å².